The predicted molar refractivity (Wildman–Crippen MR) is 113 cm³/mol. The molecule has 2 N–H and O–H groups in total. The van der Waals surface area contributed by atoms with Crippen molar-refractivity contribution >= 4 is 27.5 Å². The van der Waals surface area contributed by atoms with Gasteiger partial charge >= 0.3 is 0 Å². The number of nitrogens with one attached hydrogen (secondary N) is 2. The number of pyridine rings is 1. The summed E-state index contributed by atoms with van der Waals surface area (Å²) in [5, 5.41) is 2.90. The van der Waals surface area contributed by atoms with E-state index in [1.807, 2.05) is 26.0 Å². The van der Waals surface area contributed by atoms with Crippen LogP contribution in [0.1, 0.15) is 28.8 Å². The molecule has 2 heterocycles. The van der Waals surface area contributed by atoms with E-state index >= 15 is 0 Å². The molecule has 0 radical (unpaired) electrons. The monoisotopic (exact) mass is 440 g/mol. The Kier molecular flexibility index (Phi) is 6.04. The molecule has 7 heteroatoms. The largest absolute Gasteiger partial charge is 0.326 e. The first-order chi connectivity index (χ1) is 13.3. The van der Waals surface area contributed by atoms with Crippen LogP contribution < -0.4 is 10.9 Å². The summed E-state index contributed by atoms with van der Waals surface area (Å²) in [5.41, 5.74) is 4.58. The number of aromatic amines is 1. The van der Waals surface area contributed by atoms with E-state index in [-0.39, 0.29) is 17.9 Å². The lowest BCUT2D eigenvalue weighted by Gasteiger charge is -2.10. The molecule has 1 amide bonds. The summed E-state index contributed by atoms with van der Waals surface area (Å²) in [6.07, 6.45) is 3.82. The molecular weight excluding hydrogens is 420 g/mol. The average molecular weight is 441 g/mol. The summed E-state index contributed by atoms with van der Waals surface area (Å²) in [6.45, 7) is 5.74. The quantitative estimate of drug-likeness (QED) is 0.625. The van der Waals surface area contributed by atoms with E-state index in [4.69, 9.17) is 0 Å². The van der Waals surface area contributed by atoms with E-state index in [0.29, 0.717) is 23.5 Å². The maximum absolute atomic E-state index is 12.5. The number of benzene rings is 1. The molecule has 144 valence electrons. The second kappa shape index (κ2) is 8.48. The fraction of sp³-hybridized carbons (Fsp3) is 0.238. The van der Waals surface area contributed by atoms with Gasteiger partial charge in [0.1, 0.15) is 5.82 Å². The molecular formula is C21H21BrN4O2. The fourth-order valence-corrected chi connectivity index (χ4v) is 3.26. The smallest absolute Gasteiger partial charge is 0.254 e. The Balaban J connectivity index is 1.71. The number of carbonyl (C=O) groups is 1. The summed E-state index contributed by atoms with van der Waals surface area (Å²) in [5.74, 6) is 0.358. The molecule has 0 spiro atoms. The topological polar surface area (TPSA) is 87.7 Å². The molecule has 3 rings (SSSR count). The van der Waals surface area contributed by atoms with Crippen LogP contribution in [-0.4, -0.2) is 20.9 Å². The number of H-pyrrole nitrogens is 1. The van der Waals surface area contributed by atoms with Crippen LogP contribution in [0.4, 0.5) is 5.69 Å². The fourth-order valence-electron chi connectivity index (χ4n) is 3.03. The van der Waals surface area contributed by atoms with Gasteiger partial charge in [-0.1, -0.05) is 15.9 Å². The SMILES string of the molecule is Cc1cc(NC(=O)CCc2c(C)nc(-c3ccncc3)[nH]c2=O)cc(C)c1Br. The Hall–Kier alpha value is -2.80. The van der Waals surface area contributed by atoms with Crippen molar-refractivity contribution in [3.8, 4) is 11.4 Å². The zero-order valence-electron chi connectivity index (χ0n) is 16.0. The molecule has 0 fully saturated rings. The number of aryl methyl sites for hydroxylation is 3. The lowest BCUT2D eigenvalue weighted by Crippen LogP contribution is -2.20. The highest BCUT2D eigenvalue weighted by Crippen LogP contribution is 2.25. The van der Waals surface area contributed by atoms with Crippen molar-refractivity contribution < 1.29 is 4.79 Å². The van der Waals surface area contributed by atoms with Crippen LogP contribution in [0.5, 0.6) is 0 Å². The van der Waals surface area contributed by atoms with Crippen molar-refractivity contribution in [3.63, 3.8) is 0 Å². The standard InChI is InChI=1S/C21H21BrN4O2/c1-12-10-16(11-13(2)19(12)22)25-18(27)5-4-17-14(3)24-20(26-21(17)28)15-6-8-23-9-7-15/h6-11H,4-5H2,1-3H3,(H,25,27)(H,24,26,28). The van der Waals surface area contributed by atoms with Crippen molar-refractivity contribution in [1.82, 2.24) is 15.0 Å². The van der Waals surface area contributed by atoms with Gasteiger partial charge in [0.15, 0.2) is 0 Å². The second-order valence-corrected chi connectivity index (χ2v) is 7.48. The van der Waals surface area contributed by atoms with Crippen molar-refractivity contribution in [2.45, 2.75) is 33.6 Å². The molecule has 0 atom stereocenters. The van der Waals surface area contributed by atoms with E-state index in [2.05, 4.69) is 36.2 Å². The Morgan fingerprint density at radius 1 is 1.14 bits per heavy atom. The van der Waals surface area contributed by atoms with Crippen molar-refractivity contribution in [3.05, 3.63) is 73.9 Å². The number of carbonyl (C=O) groups excluding carboxylic acids is 1. The summed E-state index contributed by atoms with van der Waals surface area (Å²) < 4.78 is 1.04. The van der Waals surface area contributed by atoms with Gasteiger partial charge in [0.2, 0.25) is 5.91 Å². The van der Waals surface area contributed by atoms with E-state index in [1.165, 1.54) is 0 Å². The number of aromatic nitrogens is 3. The van der Waals surface area contributed by atoms with Gasteiger partial charge in [-0.2, -0.15) is 0 Å². The minimum atomic E-state index is -0.220. The predicted octanol–water partition coefficient (Wildman–Crippen LogP) is 4.09. The maximum atomic E-state index is 12.5. The number of nitrogens with zero attached hydrogens (tertiary/aromatic N) is 2. The summed E-state index contributed by atoms with van der Waals surface area (Å²) in [6, 6.07) is 7.40. The van der Waals surface area contributed by atoms with Crippen LogP contribution in [-0.2, 0) is 11.2 Å². The van der Waals surface area contributed by atoms with Gasteiger partial charge in [0, 0.05) is 45.8 Å². The molecule has 0 saturated heterocycles. The summed E-state index contributed by atoms with van der Waals surface area (Å²) in [7, 11) is 0. The normalized spacial score (nSPS) is 10.7. The van der Waals surface area contributed by atoms with Crippen LogP contribution >= 0.6 is 15.9 Å². The Labute approximate surface area is 171 Å². The molecule has 2 aromatic heterocycles. The van der Waals surface area contributed by atoms with Gasteiger partial charge in [-0.05, 0) is 62.6 Å². The molecule has 0 saturated carbocycles. The average Bonchev–Trinajstić information content (AvgIpc) is 2.66. The second-order valence-electron chi connectivity index (χ2n) is 6.69. The van der Waals surface area contributed by atoms with Crippen LogP contribution in [0.3, 0.4) is 0 Å². The summed E-state index contributed by atoms with van der Waals surface area (Å²) in [4.78, 5) is 36.1. The maximum Gasteiger partial charge on any atom is 0.254 e. The molecule has 0 unspecified atom stereocenters. The number of rotatable bonds is 5. The minimum absolute atomic E-state index is 0.141. The van der Waals surface area contributed by atoms with Crippen LogP contribution in [0.15, 0.2) is 45.9 Å². The number of hydrogen-bond acceptors (Lipinski definition) is 4. The third-order valence-corrected chi connectivity index (χ3v) is 5.75. The Morgan fingerprint density at radius 2 is 1.79 bits per heavy atom. The van der Waals surface area contributed by atoms with Gasteiger partial charge in [-0.25, -0.2) is 4.98 Å². The van der Waals surface area contributed by atoms with E-state index < -0.39 is 0 Å². The highest BCUT2D eigenvalue weighted by atomic mass is 79.9. The lowest BCUT2D eigenvalue weighted by molar-refractivity contribution is -0.116. The van der Waals surface area contributed by atoms with Gasteiger partial charge in [0.25, 0.3) is 5.56 Å². The number of halogens is 1. The molecule has 0 aliphatic carbocycles. The molecule has 0 bridgehead atoms. The molecule has 0 aliphatic heterocycles. The van der Waals surface area contributed by atoms with Crippen LogP contribution in [0, 0.1) is 20.8 Å². The lowest BCUT2D eigenvalue weighted by atomic mass is 10.1. The van der Waals surface area contributed by atoms with E-state index in [9.17, 15) is 9.59 Å². The highest BCUT2D eigenvalue weighted by Gasteiger charge is 2.12. The molecule has 6 nitrogen and oxygen atoms in total. The van der Waals surface area contributed by atoms with Gasteiger partial charge < -0.3 is 10.3 Å². The first-order valence-electron chi connectivity index (χ1n) is 8.92. The minimum Gasteiger partial charge on any atom is -0.326 e. The first kappa shape index (κ1) is 19.9. The highest BCUT2D eigenvalue weighted by molar-refractivity contribution is 9.10. The van der Waals surface area contributed by atoms with E-state index in [1.54, 1.807) is 31.5 Å². The Morgan fingerprint density at radius 3 is 2.39 bits per heavy atom. The van der Waals surface area contributed by atoms with Crippen LogP contribution in [0.25, 0.3) is 11.4 Å². The van der Waals surface area contributed by atoms with Crippen molar-refractivity contribution in [2.75, 3.05) is 5.32 Å². The van der Waals surface area contributed by atoms with Gasteiger partial charge in [-0.3, -0.25) is 14.6 Å². The number of anilines is 1. The zero-order valence-corrected chi connectivity index (χ0v) is 17.6. The van der Waals surface area contributed by atoms with Gasteiger partial charge in [0.05, 0.1) is 0 Å². The van der Waals surface area contributed by atoms with Crippen molar-refractivity contribution in [1.29, 1.82) is 0 Å². The van der Waals surface area contributed by atoms with Gasteiger partial charge in [-0.15, -0.1) is 0 Å². The molecule has 1 aromatic carbocycles. The molecule has 28 heavy (non-hydrogen) atoms. The molecule has 3 aromatic rings. The molecule has 0 aliphatic rings. The third-order valence-electron chi connectivity index (χ3n) is 4.50. The number of hydrogen-bond donors (Lipinski definition) is 2. The van der Waals surface area contributed by atoms with Crippen molar-refractivity contribution in [2.24, 2.45) is 0 Å². The first-order valence-corrected chi connectivity index (χ1v) is 9.71. The third kappa shape index (κ3) is 4.54. The summed E-state index contributed by atoms with van der Waals surface area (Å²) >= 11 is 3.52. The van der Waals surface area contributed by atoms with E-state index in [0.717, 1.165) is 26.9 Å². The number of amides is 1. The zero-order chi connectivity index (χ0) is 20.3. The van der Waals surface area contributed by atoms with Crippen LogP contribution in [0.2, 0.25) is 0 Å². The Bertz CT molecular complexity index is 1050.